The summed E-state index contributed by atoms with van der Waals surface area (Å²) in [4.78, 5) is 26.1. The number of likely N-dealkylation sites (tertiary alicyclic amines) is 1. The second kappa shape index (κ2) is 8.63. The van der Waals surface area contributed by atoms with Gasteiger partial charge in [0.05, 0.1) is 12.6 Å². The molecule has 0 aromatic heterocycles. The number of hydrogen-bond acceptors (Lipinski definition) is 3. The number of urea groups is 1. The summed E-state index contributed by atoms with van der Waals surface area (Å²) in [6, 6.07) is 7.95. The highest BCUT2D eigenvalue weighted by atomic mass is 16.5. The zero-order chi connectivity index (χ0) is 19.3. The number of amides is 3. The first-order valence-corrected chi connectivity index (χ1v) is 10.1. The van der Waals surface area contributed by atoms with Crippen LogP contribution in [-0.2, 0) is 4.79 Å². The van der Waals surface area contributed by atoms with Crippen molar-refractivity contribution >= 4 is 11.9 Å². The van der Waals surface area contributed by atoms with Gasteiger partial charge in [0.25, 0.3) is 0 Å². The van der Waals surface area contributed by atoms with Gasteiger partial charge in [0, 0.05) is 25.0 Å². The summed E-state index contributed by atoms with van der Waals surface area (Å²) in [5, 5.41) is 6.28. The van der Waals surface area contributed by atoms with Crippen LogP contribution in [0.2, 0.25) is 0 Å². The molecule has 2 aliphatic rings. The van der Waals surface area contributed by atoms with Gasteiger partial charge in [0.1, 0.15) is 5.75 Å². The summed E-state index contributed by atoms with van der Waals surface area (Å²) < 4.78 is 5.63. The van der Waals surface area contributed by atoms with Gasteiger partial charge < -0.3 is 20.3 Å². The lowest BCUT2D eigenvalue weighted by Gasteiger charge is -2.39. The van der Waals surface area contributed by atoms with E-state index < -0.39 is 0 Å². The highest BCUT2D eigenvalue weighted by Gasteiger charge is 2.41. The predicted octanol–water partition coefficient (Wildman–Crippen LogP) is 3.38. The molecule has 1 aromatic rings. The highest BCUT2D eigenvalue weighted by molar-refractivity contribution is 5.79. The Morgan fingerprint density at radius 2 is 1.93 bits per heavy atom. The van der Waals surface area contributed by atoms with Gasteiger partial charge in [-0.1, -0.05) is 26.0 Å². The molecule has 6 heteroatoms. The van der Waals surface area contributed by atoms with E-state index in [9.17, 15) is 9.59 Å². The molecule has 3 rings (SSSR count). The second-order valence-corrected chi connectivity index (χ2v) is 7.64. The SMILES string of the molecule is CCCOc1ccc(C(CC)NC(=O)N2CCC3(CCC(=O)N3)CC2)cc1. The van der Waals surface area contributed by atoms with Crippen LogP contribution in [-0.4, -0.2) is 42.1 Å². The Morgan fingerprint density at radius 3 is 2.48 bits per heavy atom. The molecule has 2 fully saturated rings. The number of nitrogens with one attached hydrogen (secondary N) is 2. The van der Waals surface area contributed by atoms with E-state index in [-0.39, 0.29) is 23.5 Å². The van der Waals surface area contributed by atoms with E-state index in [1.54, 1.807) is 0 Å². The molecule has 27 heavy (non-hydrogen) atoms. The molecule has 2 aliphatic heterocycles. The summed E-state index contributed by atoms with van der Waals surface area (Å²) in [6.07, 6.45) is 5.00. The number of ether oxygens (including phenoxy) is 1. The third-order valence-electron chi connectivity index (χ3n) is 5.70. The van der Waals surface area contributed by atoms with Gasteiger partial charge in [-0.05, 0) is 49.8 Å². The minimum absolute atomic E-state index is 0.0141. The molecule has 1 spiro atoms. The molecule has 0 aliphatic carbocycles. The Morgan fingerprint density at radius 1 is 1.22 bits per heavy atom. The average molecular weight is 373 g/mol. The molecule has 0 saturated carbocycles. The lowest BCUT2D eigenvalue weighted by molar-refractivity contribution is -0.120. The zero-order valence-electron chi connectivity index (χ0n) is 16.4. The topological polar surface area (TPSA) is 70.7 Å². The van der Waals surface area contributed by atoms with Crippen molar-refractivity contribution in [2.24, 2.45) is 0 Å². The number of carbonyl (C=O) groups excluding carboxylic acids is 2. The minimum atomic E-state index is -0.0770. The smallest absolute Gasteiger partial charge is 0.317 e. The van der Waals surface area contributed by atoms with Crippen molar-refractivity contribution in [2.45, 2.75) is 64.0 Å². The van der Waals surface area contributed by atoms with Crippen LogP contribution in [0, 0.1) is 0 Å². The number of nitrogens with zero attached hydrogens (tertiary/aromatic N) is 1. The average Bonchev–Trinajstić information content (AvgIpc) is 3.05. The molecule has 6 nitrogen and oxygen atoms in total. The van der Waals surface area contributed by atoms with Crippen LogP contribution in [0.1, 0.15) is 64.0 Å². The van der Waals surface area contributed by atoms with Gasteiger partial charge in [0.15, 0.2) is 0 Å². The van der Waals surface area contributed by atoms with E-state index in [1.165, 1.54) is 0 Å². The first-order valence-electron chi connectivity index (χ1n) is 10.1. The van der Waals surface area contributed by atoms with Crippen LogP contribution < -0.4 is 15.4 Å². The standard InChI is InChI=1S/C21H31N3O3/c1-3-15-27-17-7-5-16(6-8-17)18(4-2)22-20(26)24-13-11-21(12-14-24)10-9-19(25)23-21/h5-8,18H,3-4,9-15H2,1-2H3,(H,22,26)(H,23,25). The second-order valence-electron chi connectivity index (χ2n) is 7.64. The molecule has 1 aromatic carbocycles. The van der Waals surface area contributed by atoms with E-state index in [2.05, 4.69) is 24.5 Å². The quantitative estimate of drug-likeness (QED) is 0.803. The molecule has 2 N–H and O–H groups in total. The molecule has 148 valence electrons. The van der Waals surface area contributed by atoms with Crippen LogP contribution in [0.4, 0.5) is 4.79 Å². The van der Waals surface area contributed by atoms with Crippen molar-refractivity contribution < 1.29 is 14.3 Å². The van der Waals surface area contributed by atoms with E-state index in [1.807, 2.05) is 29.2 Å². The van der Waals surface area contributed by atoms with Crippen molar-refractivity contribution in [1.82, 2.24) is 15.5 Å². The van der Waals surface area contributed by atoms with Crippen LogP contribution >= 0.6 is 0 Å². The Kier molecular flexibility index (Phi) is 6.24. The van der Waals surface area contributed by atoms with E-state index >= 15 is 0 Å². The summed E-state index contributed by atoms with van der Waals surface area (Å²) in [5.74, 6) is 1.01. The maximum Gasteiger partial charge on any atom is 0.317 e. The molecule has 0 bridgehead atoms. The third kappa shape index (κ3) is 4.73. The molecule has 2 heterocycles. The number of carbonyl (C=O) groups is 2. The van der Waals surface area contributed by atoms with Crippen LogP contribution in [0.25, 0.3) is 0 Å². The normalized spacial score (nSPS) is 19.6. The van der Waals surface area contributed by atoms with Crippen molar-refractivity contribution in [1.29, 1.82) is 0 Å². The number of hydrogen-bond donors (Lipinski definition) is 2. The highest BCUT2D eigenvalue weighted by Crippen LogP contribution is 2.31. The number of piperidine rings is 1. The Bertz CT molecular complexity index is 651. The minimum Gasteiger partial charge on any atom is -0.494 e. The van der Waals surface area contributed by atoms with Crippen molar-refractivity contribution in [2.75, 3.05) is 19.7 Å². The summed E-state index contributed by atoms with van der Waals surface area (Å²) in [5.41, 5.74) is 1.01. The maximum atomic E-state index is 12.7. The van der Waals surface area contributed by atoms with Crippen molar-refractivity contribution in [3.8, 4) is 5.75 Å². The van der Waals surface area contributed by atoms with E-state index in [4.69, 9.17) is 4.74 Å². The van der Waals surface area contributed by atoms with Gasteiger partial charge in [0.2, 0.25) is 5.91 Å². The van der Waals surface area contributed by atoms with Crippen LogP contribution in [0.5, 0.6) is 5.75 Å². The fraction of sp³-hybridized carbons (Fsp3) is 0.619. The van der Waals surface area contributed by atoms with Crippen molar-refractivity contribution in [3.05, 3.63) is 29.8 Å². The summed E-state index contributed by atoms with van der Waals surface area (Å²) in [7, 11) is 0. The Hall–Kier alpha value is -2.24. The van der Waals surface area contributed by atoms with E-state index in [0.29, 0.717) is 26.1 Å². The van der Waals surface area contributed by atoms with Gasteiger partial charge in [-0.2, -0.15) is 0 Å². The lowest BCUT2D eigenvalue weighted by atomic mass is 9.86. The molecular weight excluding hydrogens is 342 g/mol. The first kappa shape index (κ1) is 19.5. The number of rotatable bonds is 6. The van der Waals surface area contributed by atoms with Crippen molar-refractivity contribution in [3.63, 3.8) is 0 Å². The fourth-order valence-electron chi connectivity index (χ4n) is 3.96. The molecular formula is C21H31N3O3. The Labute approximate surface area is 161 Å². The maximum absolute atomic E-state index is 12.7. The predicted molar refractivity (Wildman–Crippen MR) is 105 cm³/mol. The molecule has 1 unspecified atom stereocenters. The first-order chi connectivity index (χ1) is 13.0. The Balaban J connectivity index is 1.53. The summed E-state index contributed by atoms with van der Waals surface area (Å²) in [6.45, 7) is 6.24. The van der Waals surface area contributed by atoms with E-state index in [0.717, 1.165) is 43.4 Å². The monoisotopic (exact) mass is 373 g/mol. The molecule has 3 amide bonds. The largest absolute Gasteiger partial charge is 0.494 e. The molecule has 0 radical (unpaired) electrons. The lowest BCUT2D eigenvalue weighted by Crippen LogP contribution is -2.54. The molecule has 1 atom stereocenters. The fourth-order valence-corrected chi connectivity index (χ4v) is 3.96. The van der Waals surface area contributed by atoms with Gasteiger partial charge >= 0.3 is 6.03 Å². The number of benzene rings is 1. The van der Waals surface area contributed by atoms with Gasteiger partial charge in [-0.15, -0.1) is 0 Å². The molecule has 2 saturated heterocycles. The van der Waals surface area contributed by atoms with Crippen LogP contribution in [0.15, 0.2) is 24.3 Å². The summed E-state index contributed by atoms with van der Waals surface area (Å²) >= 11 is 0. The third-order valence-corrected chi connectivity index (χ3v) is 5.70. The van der Waals surface area contributed by atoms with Gasteiger partial charge in [-0.25, -0.2) is 4.79 Å². The van der Waals surface area contributed by atoms with Gasteiger partial charge in [-0.3, -0.25) is 4.79 Å². The zero-order valence-corrected chi connectivity index (χ0v) is 16.4. The van der Waals surface area contributed by atoms with Crippen LogP contribution in [0.3, 0.4) is 0 Å².